The zero-order valence-corrected chi connectivity index (χ0v) is 15.6. The Labute approximate surface area is 116 Å². The van der Waals surface area contributed by atoms with E-state index in [9.17, 15) is 4.79 Å². The van der Waals surface area contributed by atoms with Crippen molar-refractivity contribution >= 4 is 41.4 Å². The first kappa shape index (κ1) is 18.0. The van der Waals surface area contributed by atoms with Gasteiger partial charge in [-0.3, -0.25) is 4.79 Å². The van der Waals surface area contributed by atoms with Crippen LogP contribution in [-0.2, 0) is 0 Å². The van der Waals surface area contributed by atoms with E-state index in [1.807, 2.05) is 11.8 Å². The molecular formula is C11H26NOSSb. The van der Waals surface area contributed by atoms with Crippen LogP contribution in [0.1, 0.15) is 34.6 Å². The van der Waals surface area contributed by atoms with Crippen molar-refractivity contribution in [3.05, 3.63) is 0 Å². The second-order valence-electron chi connectivity index (χ2n) is 4.39. The first-order valence-corrected chi connectivity index (χ1v) is 6.37. The van der Waals surface area contributed by atoms with Gasteiger partial charge in [0.2, 0.25) is 0 Å². The van der Waals surface area contributed by atoms with E-state index in [1.165, 1.54) is 11.8 Å². The van der Waals surface area contributed by atoms with E-state index < -0.39 is 0 Å². The molecule has 0 heterocycles. The summed E-state index contributed by atoms with van der Waals surface area (Å²) in [5.41, 5.74) is 0. The van der Waals surface area contributed by atoms with Gasteiger partial charge in [-0.25, -0.2) is 0 Å². The molecule has 0 rings (SSSR count). The normalized spacial score (nSPS) is 10.3. The van der Waals surface area contributed by atoms with E-state index in [0.717, 1.165) is 18.8 Å². The summed E-state index contributed by atoms with van der Waals surface area (Å²) in [6.07, 6.45) is 0. The molecule has 0 aromatic rings. The van der Waals surface area contributed by atoms with Gasteiger partial charge in [0.25, 0.3) is 5.24 Å². The fourth-order valence-electron chi connectivity index (χ4n) is 1.32. The van der Waals surface area contributed by atoms with Gasteiger partial charge in [-0.2, -0.15) is 0 Å². The summed E-state index contributed by atoms with van der Waals surface area (Å²) >= 11 is 1.41. The molecule has 92 valence electrons. The third-order valence-corrected chi connectivity index (χ3v) is 2.49. The standard InChI is InChI=1S/C11H23NOS.Sb.3H/c1-6-14-11(13)12(7-9(2)3)8-10(4)5;;;;/h9-10H,6-8H2,1-5H3;;;;. The third kappa shape index (κ3) is 9.56. The Bertz CT molecular complexity index is 164. The van der Waals surface area contributed by atoms with Crippen molar-refractivity contribution in [1.82, 2.24) is 4.90 Å². The van der Waals surface area contributed by atoms with Crippen molar-refractivity contribution in [2.45, 2.75) is 34.6 Å². The van der Waals surface area contributed by atoms with Crippen LogP contribution in [0.2, 0.25) is 0 Å². The van der Waals surface area contributed by atoms with Gasteiger partial charge in [0, 0.05) is 13.1 Å². The van der Waals surface area contributed by atoms with Crippen molar-refractivity contribution in [3.63, 3.8) is 0 Å². The Balaban J connectivity index is 0. The predicted molar refractivity (Wildman–Crippen MR) is 74.7 cm³/mol. The molecule has 15 heavy (non-hydrogen) atoms. The van der Waals surface area contributed by atoms with E-state index in [4.69, 9.17) is 0 Å². The molecule has 0 N–H and O–H groups in total. The Morgan fingerprint density at radius 1 is 1.13 bits per heavy atom. The summed E-state index contributed by atoms with van der Waals surface area (Å²) in [5.74, 6) is 1.97. The van der Waals surface area contributed by atoms with Gasteiger partial charge in [0.15, 0.2) is 0 Å². The van der Waals surface area contributed by atoms with Crippen LogP contribution in [0.3, 0.4) is 0 Å². The number of nitrogens with zero attached hydrogens (tertiary/aromatic N) is 1. The molecule has 0 fully saturated rings. The topological polar surface area (TPSA) is 20.3 Å². The molecule has 0 aliphatic rings. The Kier molecular flexibility index (Phi) is 11.8. The van der Waals surface area contributed by atoms with Crippen LogP contribution < -0.4 is 0 Å². The predicted octanol–water partition coefficient (Wildman–Crippen LogP) is 2.29. The fourth-order valence-corrected chi connectivity index (χ4v) is 1.90. The molecule has 0 unspecified atom stereocenters. The molecule has 0 aliphatic heterocycles. The van der Waals surface area contributed by atoms with Gasteiger partial charge in [0.05, 0.1) is 0 Å². The average molecular weight is 342 g/mol. The van der Waals surface area contributed by atoms with Crippen LogP contribution in [0.15, 0.2) is 0 Å². The first-order valence-electron chi connectivity index (χ1n) is 5.39. The number of thioether (sulfide) groups is 1. The molecule has 0 aromatic carbocycles. The molecule has 0 saturated heterocycles. The van der Waals surface area contributed by atoms with Crippen LogP contribution in [-0.4, -0.2) is 53.4 Å². The van der Waals surface area contributed by atoms with E-state index in [1.54, 1.807) is 0 Å². The SMILES string of the molecule is CCSC(=O)N(CC(C)C)CC(C)C.[SbH3]. The molecule has 2 nitrogen and oxygen atoms in total. The minimum absolute atomic E-state index is 0. The number of carbonyl (C=O) groups is 1. The molecule has 0 aliphatic carbocycles. The van der Waals surface area contributed by atoms with E-state index in [-0.39, 0.29) is 29.7 Å². The van der Waals surface area contributed by atoms with Crippen LogP contribution in [0.4, 0.5) is 4.79 Å². The van der Waals surface area contributed by atoms with Crippen molar-refractivity contribution in [3.8, 4) is 0 Å². The molecule has 0 spiro atoms. The van der Waals surface area contributed by atoms with Gasteiger partial charge in [-0.1, -0.05) is 46.4 Å². The van der Waals surface area contributed by atoms with E-state index in [0.29, 0.717) is 11.8 Å². The second kappa shape index (κ2) is 9.84. The number of amides is 1. The van der Waals surface area contributed by atoms with Crippen LogP contribution in [0.25, 0.3) is 0 Å². The number of rotatable bonds is 5. The van der Waals surface area contributed by atoms with Crippen LogP contribution in [0, 0.1) is 11.8 Å². The third-order valence-electron chi connectivity index (χ3n) is 1.70. The Hall–Kier alpha value is 0.638. The molecule has 0 aromatic heterocycles. The maximum atomic E-state index is 11.7. The molecule has 0 saturated carbocycles. The van der Waals surface area contributed by atoms with Crippen molar-refractivity contribution in [2.24, 2.45) is 11.8 Å². The zero-order chi connectivity index (χ0) is 11.1. The van der Waals surface area contributed by atoms with Crippen molar-refractivity contribution in [2.75, 3.05) is 18.8 Å². The average Bonchev–Trinajstić information content (AvgIpc) is 2.01. The zero-order valence-electron chi connectivity index (χ0n) is 10.7. The summed E-state index contributed by atoms with van der Waals surface area (Å²) in [7, 11) is 0. The number of carbonyl (C=O) groups excluding carboxylic acids is 1. The minimum atomic E-state index is 0. The summed E-state index contributed by atoms with van der Waals surface area (Å²) in [6.45, 7) is 12.4. The quantitative estimate of drug-likeness (QED) is 0.715. The summed E-state index contributed by atoms with van der Waals surface area (Å²) < 4.78 is 0. The van der Waals surface area contributed by atoms with Gasteiger partial charge in [0.1, 0.15) is 0 Å². The van der Waals surface area contributed by atoms with Gasteiger partial charge in [-0.15, -0.1) is 0 Å². The monoisotopic (exact) mass is 341 g/mol. The molecule has 0 radical (unpaired) electrons. The van der Waals surface area contributed by atoms with Gasteiger partial charge >= 0.3 is 24.4 Å². The molecule has 0 bridgehead atoms. The Morgan fingerprint density at radius 3 is 1.80 bits per heavy atom. The van der Waals surface area contributed by atoms with Crippen molar-refractivity contribution in [1.29, 1.82) is 0 Å². The second-order valence-corrected chi connectivity index (χ2v) is 5.61. The van der Waals surface area contributed by atoms with Crippen LogP contribution in [0.5, 0.6) is 0 Å². The molecule has 1 amide bonds. The van der Waals surface area contributed by atoms with E-state index >= 15 is 0 Å². The fraction of sp³-hybridized carbons (Fsp3) is 0.909. The number of hydrogen-bond donors (Lipinski definition) is 0. The van der Waals surface area contributed by atoms with Gasteiger partial charge in [-0.05, 0) is 17.6 Å². The maximum absolute atomic E-state index is 11.7. The summed E-state index contributed by atoms with van der Waals surface area (Å²) in [6, 6.07) is 0. The molecule has 0 atom stereocenters. The Morgan fingerprint density at radius 2 is 1.53 bits per heavy atom. The molecular weight excluding hydrogens is 316 g/mol. The first-order chi connectivity index (χ1) is 6.47. The summed E-state index contributed by atoms with van der Waals surface area (Å²) in [4.78, 5) is 13.7. The summed E-state index contributed by atoms with van der Waals surface area (Å²) in [5, 5.41) is 0.231. The molecule has 4 heteroatoms. The number of hydrogen-bond acceptors (Lipinski definition) is 2. The van der Waals surface area contributed by atoms with E-state index in [2.05, 4.69) is 27.7 Å². The van der Waals surface area contributed by atoms with Gasteiger partial charge < -0.3 is 4.90 Å². The van der Waals surface area contributed by atoms with Crippen LogP contribution >= 0.6 is 11.8 Å². The van der Waals surface area contributed by atoms with Crippen molar-refractivity contribution < 1.29 is 4.79 Å².